The van der Waals surface area contributed by atoms with Crippen LogP contribution in [-0.4, -0.2) is 32.6 Å². The summed E-state index contributed by atoms with van der Waals surface area (Å²) in [5.41, 5.74) is 8.19. The minimum Gasteiger partial charge on any atom is -0.370 e. The Labute approximate surface area is 164 Å². The van der Waals surface area contributed by atoms with Gasteiger partial charge in [0, 0.05) is 18.3 Å². The molecule has 138 valence electrons. The van der Waals surface area contributed by atoms with Crippen molar-refractivity contribution in [3.05, 3.63) is 47.9 Å². The van der Waals surface area contributed by atoms with Crippen molar-refractivity contribution in [1.29, 1.82) is 0 Å². The molecule has 1 aromatic carbocycles. The lowest BCUT2D eigenvalue weighted by atomic mass is 10.1. The number of aromatic nitrogens is 1. The maximum atomic E-state index is 11.8. The lowest BCUT2D eigenvalue weighted by Gasteiger charge is -2.07. The third-order valence-electron chi connectivity index (χ3n) is 3.18. The molecule has 1 heterocycles. The molecule has 0 aliphatic rings. The van der Waals surface area contributed by atoms with Gasteiger partial charge in [0.1, 0.15) is 12.0 Å². The second-order valence-electron chi connectivity index (χ2n) is 5.09. The fourth-order valence-electron chi connectivity index (χ4n) is 1.95. The summed E-state index contributed by atoms with van der Waals surface area (Å²) in [4.78, 5) is 4.08. The van der Waals surface area contributed by atoms with E-state index >= 15 is 0 Å². The second-order valence-corrected chi connectivity index (χ2v) is 6.89. The summed E-state index contributed by atoms with van der Waals surface area (Å²) in [6.45, 7) is 2.46. The van der Waals surface area contributed by atoms with Crippen LogP contribution in [0, 0.1) is 0 Å². The van der Waals surface area contributed by atoms with Crippen LogP contribution >= 0.6 is 24.0 Å². The molecule has 4 N–H and O–H groups in total. The molecule has 0 bridgehead atoms. The Morgan fingerprint density at radius 3 is 2.60 bits per heavy atom. The first kappa shape index (κ1) is 21.4. The third-order valence-corrected chi connectivity index (χ3v) is 4.50. The molecular formula is C15H22IN5O3S. The highest BCUT2D eigenvalue weighted by atomic mass is 127. The maximum absolute atomic E-state index is 11.8. The van der Waals surface area contributed by atoms with Crippen LogP contribution in [0.2, 0.25) is 0 Å². The van der Waals surface area contributed by atoms with Gasteiger partial charge in [-0.25, -0.2) is 13.1 Å². The number of hydrogen-bond donors (Lipinski definition) is 3. The highest BCUT2D eigenvalue weighted by Crippen LogP contribution is 2.09. The van der Waals surface area contributed by atoms with E-state index in [-0.39, 0.29) is 48.8 Å². The Morgan fingerprint density at radius 1 is 1.28 bits per heavy atom. The number of nitrogens with two attached hydrogens (primary N) is 1. The van der Waals surface area contributed by atoms with Gasteiger partial charge in [-0.2, -0.15) is 0 Å². The predicted molar refractivity (Wildman–Crippen MR) is 108 cm³/mol. The minimum atomic E-state index is -3.47. The average molecular weight is 479 g/mol. The Morgan fingerprint density at radius 2 is 2.00 bits per heavy atom. The van der Waals surface area contributed by atoms with E-state index in [1.807, 2.05) is 24.3 Å². The number of nitrogens with one attached hydrogen (secondary N) is 2. The molecule has 2 aromatic rings. The van der Waals surface area contributed by atoms with Crippen molar-refractivity contribution >= 4 is 45.6 Å². The number of rotatable bonds is 8. The second kappa shape index (κ2) is 10.4. The van der Waals surface area contributed by atoms with Crippen molar-refractivity contribution in [1.82, 2.24) is 9.88 Å². The van der Waals surface area contributed by atoms with Gasteiger partial charge >= 0.3 is 0 Å². The summed E-state index contributed by atoms with van der Waals surface area (Å²) in [6, 6.07) is 9.36. The van der Waals surface area contributed by atoms with Crippen LogP contribution in [0.4, 0.5) is 5.69 Å². The number of benzene rings is 1. The average Bonchev–Trinajstić information content (AvgIpc) is 3.04. The summed E-state index contributed by atoms with van der Waals surface area (Å²) in [6.07, 6.45) is 2.30. The smallest absolute Gasteiger partial charge is 0.217 e. The van der Waals surface area contributed by atoms with E-state index in [1.54, 1.807) is 0 Å². The molecule has 0 aliphatic carbocycles. The summed E-state index contributed by atoms with van der Waals surface area (Å²) < 4.78 is 30.6. The molecule has 0 aliphatic heterocycles. The molecule has 25 heavy (non-hydrogen) atoms. The highest BCUT2D eigenvalue weighted by Gasteiger charge is 2.12. The largest absolute Gasteiger partial charge is 0.370 e. The number of hydrogen-bond acceptors (Lipinski definition) is 5. The molecular weight excluding hydrogens is 457 g/mol. The van der Waals surface area contributed by atoms with E-state index in [2.05, 4.69) is 31.6 Å². The van der Waals surface area contributed by atoms with Crippen molar-refractivity contribution in [3.8, 4) is 0 Å². The maximum Gasteiger partial charge on any atom is 0.217 e. The van der Waals surface area contributed by atoms with Crippen molar-refractivity contribution in [2.75, 3.05) is 18.4 Å². The molecule has 2 rings (SSSR count). The molecule has 0 amide bonds. The number of aliphatic imine (C=N–C) groups is 1. The first-order chi connectivity index (χ1) is 11.5. The monoisotopic (exact) mass is 479 g/mol. The standard InChI is InChI=1S/C15H21N5O3S.HI/c1-2-12-3-5-13(6-4-12)19-15(16)17-8-9-18-24(21,22)11-14-7-10-23-20-14;/h3-7,10,18H,2,8-9,11H2,1H3,(H3,16,17,19);1H. The van der Waals surface area contributed by atoms with Crippen molar-refractivity contribution in [2.24, 2.45) is 10.7 Å². The van der Waals surface area contributed by atoms with E-state index in [4.69, 9.17) is 5.73 Å². The molecule has 0 spiro atoms. The van der Waals surface area contributed by atoms with Gasteiger partial charge in [0.15, 0.2) is 5.96 Å². The topological polar surface area (TPSA) is 123 Å². The number of guanidine groups is 1. The highest BCUT2D eigenvalue weighted by molar-refractivity contribution is 14.0. The zero-order valence-electron chi connectivity index (χ0n) is 13.8. The first-order valence-corrected chi connectivity index (χ1v) is 9.16. The number of sulfonamides is 1. The van der Waals surface area contributed by atoms with Crippen LogP contribution in [-0.2, 0) is 22.2 Å². The molecule has 0 atom stereocenters. The van der Waals surface area contributed by atoms with Crippen LogP contribution in [0.1, 0.15) is 18.2 Å². The summed E-state index contributed by atoms with van der Waals surface area (Å²) >= 11 is 0. The fourth-order valence-corrected chi connectivity index (χ4v) is 2.99. The van der Waals surface area contributed by atoms with Crippen LogP contribution in [0.5, 0.6) is 0 Å². The lowest BCUT2D eigenvalue weighted by molar-refractivity contribution is 0.413. The summed E-state index contributed by atoms with van der Waals surface area (Å²) in [7, 11) is -3.47. The van der Waals surface area contributed by atoms with Gasteiger partial charge in [0.25, 0.3) is 0 Å². The van der Waals surface area contributed by atoms with Gasteiger partial charge in [-0.15, -0.1) is 24.0 Å². The molecule has 0 fully saturated rings. The quantitative estimate of drug-likeness (QED) is 0.229. The van der Waals surface area contributed by atoms with Crippen molar-refractivity contribution in [2.45, 2.75) is 19.1 Å². The third kappa shape index (κ3) is 7.84. The van der Waals surface area contributed by atoms with Gasteiger partial charge in [-0.1, -0.05) is 24.2 Å². The number of aryl methyl sites for hydroxylation is 1. The Bertz CT molecular complexity index is 761. The van der Waals surface area contributed by atoms with Crippen LogP contribution in [0.25, 0.3) is 0 Å². The van der Waals surface area contributed by atoms with Gasteiger partial charge in [-0.05, 0) is 24.1 Å². The normalized spacial score (nSPS) is 11.8. The molecule has 0 saturated heterocycles. The van der Waals surface area contributed by atoms with E-state index in [9.17, 15) is 8.42 Å². The van der Waals surface area contributed by atoms with Crippen LogP contribution in [0.3, 0.4) is 0 Å². The Balaban J connectivity index is 0.00000312. The number of halogens is 1. The minimum absolute atomic E-state index is 0. The molecule has 1 aromatic heterocycles. The molecule has 0 radical (unpaired) electrons. The summed E-state index contributed by atoms with van der Waals surface area (Å²) in [5.74, 6) is 0.00000811. The van der Waals surface area contributed by atoms with Crippen molar-refractivity contribution < 1.29 is 12.9 Å². The molecule has 10 heteroatoms. The van der Waals surface area contributed by atoms with Gasteiger partial charge < -0.3 is 15.6 Å². The summed E-state index contributed by atoms with van der Waals surface area (Å²) in [5, 5.41) is 6.52. The molecule has 0 saturated carbocycles. The zero-order valence-corrected chi connectivity index (χ0v) is 17.0. The van der Waals surface area contributed by atoms with E-state index in [0.717, 1.165) is 12.1 Å². The predicted octanol–water partition coefficient (Wildman–Crippen LogP) is 1.70. The van der Waals surface area contributed by atoms with E-state index < -0.39 is 10.0 Å². The fraction of sp³-hybridized carbons (Fsp3) is 0.333. The molecule has 0 unspecified atom stereocenters. The first-order valence-electron chi connectivity index (χ1n) is 7.51. The van der Waals surface area contributed by atoms with Crippen LogP contribution < -0.4 is 15.8 Å². The lowest BCUT2D eigenvalue weighted by Crippen LogP contribution is -2.29. The van der Waals surface area contributed by atoms with E-state index in [1.165, 1.54) is 17.9 Å². The Kier molecular flexibility index (Phi) is 8.86. The number of nitrogens with zero attached hydrogens (tertiary/aromatic N) is 2. The zero-order chi connectivity index (χ0) is 17.4. The van der Waals surface area contributed by atoms with Gasteiger partial charge in [0.2, 0.25) is 10.0 Å². The molecule has 8 nitrogen and oxygen atoms in total. The van der Waals surface area contributed by atoms with Gasteiger partial charge in [0.05, 0.1) is 12.2 Å². The Hall–Kier alpha value is -1.66. The van der Waals surface area contributed by atoms with Crippen molar-refractivity contribution in [3.63, 3.8) is 0 Å². The van der Waals surface area contributed by atoms with Gasteiger partial charge in [-0.3, -0.25) is 4.99 Å². The number of anilines is 1. The van der Waals surface area contributed by atoms with E-state index in [0.29, 0.717) is 5.69 Å². The SMILES string of the molecule is CCc1ccc(NC(N)=NCCNS(=O)(=O)Cc2ccon2)cc1.I. The van der Waals surface area contributed by atoms with Crippen LogP contribution in [0.15, 0.2) is 46.1 Å².